The van der Waals surface area contributed by atoms with Gasteiger partial charge in [-0.05, 0) is 25.1 Å². The molecule has 6 heteroatoms. The summed E-state index contributed by atoms with van der Waals surface area (Å²) in [6.07, 6.45) is -0.682. The maximum absolute atomic E-state index is 13.1. The molecular formula is C13H13FO5. The smallest absolute Gasteiger partial charge is 0.375 e. The van der Waals surface area contributed by atoms with Crippen molar-refractivity contribution in [3.63, 3.8) is 0 Å². The second-order valence-corrected chi connectivity index (χ2v) is 3.59. The molecule has 0 aliphatic carbocycles. The summed E-state index contributed by atoms with van der Waals surface area (Å²) >= 11 is 0. The van der Waals surface area contributed by atoms with E-state index in [1.807, 2.05) is 0 Å². The minimum Gasteiger partial charge on any atom is -0.496 e. The summed E-state index contributed by atoms with van der Waals surface area (Å²) in [7, 11) is 1.32. The van der Waals surface area contributed by atoms with Gasteiger partial charge in [0.1, 0.15) is 11.6 Å². The Balaban J connectivity index is 2.86. The molecular weight excluding hydrogens is 255 g/mol. The molecule has 0 saturated carbocycles. The summed E-state index contributed by atoms with van der Waals surface area (Å²) in [5, 5.41) is 0. The number of halogens is 1. The SMILES string of the molecule is CCOC(=O)C(=O)CC(=O)c1cc(F)ccc1OC. The zero-order valence-corrected chi connectivity index (χ0v) is 10.6. The van der Waals surface area contributed by atoms with Gasteiger partial charge in [0.25, 0.3) is 0 Å². The van der Waals surface area contributed by atoms with Gasteiger partial charge in [-0.15, -0.1) is 0 Å². The van der Waals surface area contributed by atoms with Crippen LogP contribution >= 0.6 is 0 Å². The molecule has 102 valence electrons. The lowest BCUT2D eigenvalue weighted by molar-refractivity contribution is -0.153. The number of benzene rings is 1. The Morgan fingerprint density at radius 3 is 2.53 bits per heavy atom. The number of ketones is 2. The van der Waals surface area contributed by atoms with E-state index in [1.165, 1.54) is 13.2 Å². The van der Waals surface area contributed by atoms with Crippen LogP contribution in [0.2, 0.25) is 0 Å². The van der Waals surface area contributed by atoms with Crippen LogP contribution in [0.15, 0.2) is 18.2 Å². The van der Waals surface area contributed by atoms with E-state index >= 15 is 0 Å². The Morgan fingerprint density at radius 1 is 1.26 bits per heavy atom. The standard InChI is InChI=1S/C13H13FO5/c1-3-19-13(17)11(16)7-10(15)9-6-8(14)4-5-12(9)18-2/h4-6H,3,7H2,1-2H3. The summed E-state index contributed by atoms with van der Waals surface area (Å²) in [6.45, 7) is 1.59. The fraction of sp³-hybridized carbons (Fsp3) is 0.308. The monoisotopic (exact) mass is 268 g/mol. The molecule has 0 aliphatic heterocycles. The molecule has 0 heterocycles. The molecule has 0 atom stereocenters. The number of methoxy groups -OCH3 is 1. The van der Waals surface area contributed by atoms with E-state index in [0.29, 0.717) is 0 Å². The van der Waals surface area contributed by atoms with E-state index in [2.05, 4.69) is 4.74 Å². The van der Waals surface area contributed by atoms with Gasteiger partial charge in [0.2, 0.25) is 5.78 Å². The number of Topliss-reactive ketones (excluding diaryl/α,β-unsaturated/α-hetero) is 2. The van der Waals surface area contributed by atoms with Crippen LogP contribution in [0.3, 0.4) is 0 Å². The minimum absolute atomic E-state index is 0.0437. The lowest BCUT2D eigenvalue weighted by Gasteiger charge is -2.07. The first kappa shape index (κ1) is 14.8. The van der Waals surface area contributed by atoms with Crippen LogP contribution in [0.1, 0.15) is 23.7 Å². The lowest BCUT2D eigenvalue weighted by Crippen LogP contribution is -2.21. The van der Waals surface area contributed by atoms with E-state index in [9.17, 15) is 18.8 Å². The third-order valence-electron chi connectivity index (χ3n) is 2.29. The van der Waals surface area contributed by atoms with E-state index in [-0.39, 0.29) is 17.9 Å². The molecule has 19 heavy (non-hydrogen) atoms. The highest BCUT2D eigenvalue weighted by atomic mass is 19.1. The summed E-state index contributed by atoms with van der Waals surface area (Å²) in [6, 6.07) is 3.36. The van der Waals surface area contributed by atoms with E-state index in [4.69, 9.17) is 4.74 Å². The fourth-order valence-corrected chi connectivity index (χ4v) is 1.42. The highest BCUT2D eigenvalue weighted by Gasteiger charge is 2.22. The number of esters is 1. The summed E-state index contributed by atoms with van der Waals surface area (Å²) in [5.41, 5.74) is -0.0832. The van der Waals surface area contributed by atoms with Gasteiger partial charge in [0, 0.05) is 0 Å². The maximum atomic E-state index is 13.1. The first-order valence-electron chi connectivity index (χ1n) is 5.56. The fourth-order valence-electron chi connectivity index (χ4n) is 1.42. The van der Waals surface area contributed by atoms with Crippen molar-refractivity contribution >= 4 is 17.5 Å². The number of carbonyl (C=O) groups excluding carboxylic acids is 3. The summed E-state index contributed by atoms with van der Waals surface area (Å²) in [4.78, 5) is 34.3. The average molecular weight is 268 g/mol. The minimum atomic E-state index is -1.08. The number of hydrogen-bond donors (Lipinski definition) is 0. The molecule has 0 saturated heterocycles. The molecule has 0 unspecified atom stereocenters. The Labute approximate surface area is 109 Å². The highest BCUT2D eigenvalue weighted by molar-refractivity contribution is 6.38. The highest BCUT2D eigenvalue weighted by Crippen LogP contribution is 2.21. The van der Waals surface area contributed by atoms with Gasteiger partial charge >= 0.3 is 5.97 Å². The molecule has 1 aromatic carbocycles. The quantitative estimate of drug-likeness (QED) is 0.339. The molecule has 5 nitrogen and oxygen atoms in total. The van der Waals surface area contributed by atoms with Crippen molar-refractivity contribution in [1.82, 2.24) is 0 Å². The van der Waals surface area contributed by atoms with Gasteiger partial charge in [-0.2, -0.15) is 0 Å². The predicted molar refractivity (Wildman–Crippen MR) is 63.5 cm³/mol. The number of hydrogen-bond acceptors (Lipinski definition) is 5. The van der Waals surface area contributed by atoms with Crippen molar-refractivity contribution < 1.29 is 28.2 Å². The third-order valence-corrected chi connectivity index (χ3v) is 2.29. The van der Waals surface area contributed by atoms with Gasteiger partial charge in [-0.25, -0.2) is 9.18 Å². The number of carbonyl (C=O) groups is 3. The van der Waals surface area contributed by atoms with Crippen molar-refractivity contribution in [2.24, 2.45) is 0 Å². The topological polar surface area (TPSA) is 69.7 Å². The number of rotatable bonds is 6. The largest absolute Gasteiger partial charge is 0.496 e. The molecule has 0 N–H and O–H groups in total. The Hall–Kier alpha value is -2.24. The first-order valence-corrected chi connectivity index (χ1v) is 5.56. The van der Waals surface area contributed by atoms with Crippen molar-refractivity contribution in [2.45, 2.75) is 13.3 Å². The number of ether oxygens (including phenoxy) is 2. The molecule has 0 bridgehead atoms. The van der Waals surface area contributed by atoms with Crippen molar-refractivity contribution in [3.8, 4) is 5.75 Å². The molecule has 1 rings (SSSR count). The molecule has 0 fully saturated rings. The Bertz CT molecular complexity index is 510. The van der Waals surface area contributed by atoms with Gasteiger partial charge in [0.05, 0.1) is 25.7 Å². The van der Waals surface area contributed by atoms with Gasteiger partial charge in [0.15, 0.2) is 5.78 Å². The van der Waals surface area contributed by atoms with Crippen LogP contribution in [-0.4, -0.2) is 31.3 Å². The van der Waals surface area contributed by atoms with Crippen LogP contribution in [-0.2, 0) is 14.3 Å². The van der Waals surface area contributed by atoms with E-state index < -0.39 is 29.8 Å². The molecule has 0 aliphatic rings. The molecule has 0 spiro atoms. The zero-order chi connectivity index (χ0) is 14.4. The Kier molecular flexibility index (Phi) is 5.17. The van der Waals surface area contributed by atoms with Gasteiger partial charge in [-0.1, -0.05) is 0 Å². The van der Waals surface area contributed by atoms with Crippen molar-refractivity contribution in [3.05, 3.63) is 29.6 Å². The van der Waals surface area contributed by atoms with Gasteiger partial charge in [-0.3, -0.25) is 9.59 Å². The van der Waals surface area contributed by atoms with Crippen LogP contribution in [0, 0.1) is 5.82 Å². The average Bonchev–Trinajstić information content (AvgIpc) is 2.38. The van der Waals surface area contributed by atoms with Crippen LogP contribution in [0.4, 0.5) is 4.39 Å². The zero-order valence-electron chi connectivity index (χ0n) is 10.6. The van der Waals surface area contributed by atoms with Crippen LogP contribution in [0.25, 0.3) is 0 Å². The van der Waals surface area contributed by atoms with Crippen molar-refractivity contribution in [1.29, 1.82) is 0 Å². The molecule has 0 radical (unpaired) electrons. The molecule has 1 aromatic rings. The maximum Gasteiger partial charge on any atom is 0.375 e. The third kappa shape index (κ3) is 3.87. The molecule has 0 aromatic heterocycles. The molecule has 0 amide bonds. The van der Waals surface area contributed by atoms with Crippen LogP contribution < -0.4 is 4.74 Å². The normalized spacial score (nSPS) is 9.84. The van der Waals surface area contributed by atoms with E-state index in [0.717, 1.165) is 12.1 Å². The summed E-state index contributed by atoms with van der Waals surface area (Å²) < 4.78 is 22.4. The lowest BCUT2D eigenvalue weighted by atomic mass is 10.0. The summed E-state index contributed by atoms with van der Waals surface area (Å²) in [5.74, 6) is -3.24. The first-order chi connectivity index (χ1) is 8.99. The van der Waals surface area contributed by atoms with Crippen molar-refractivity contribution in [2.75, 3.05) is 13.7 Å². The second-order valence-electron chi connectivity index (χ2n) is 3.59. The Morgan fingerprint density at radius 2 is 1.95 bits per heavy atom. The van der Waals surface area contributed by atoms with Gasteiger partial charge < -0.3 is 9.47 Å². The van der Waals surface area contributed by atoms with E-state index in [1.54, 1.807) is 6.92 Å². The predicted octanol–water partition coefficient (Wildman–Crippen LogP) is 1.54. The second kappa shape index (κ2) is 6.63. The van der Waals surface area contributed by atoms with Crippen LogP contribution in [0.5, 0.6) is 5.75 Å².